The molecule has 47 heavy (non-hydrogen) atoms. The zero-order valence-electron chi connectivity index (χ0n) is 26.7. The second kappa shape index (κ2) is 15.7. The first-order chi connectivity index (χ1) is 22.3. The molecule has 5 aromatic rings. The number of aryl methyl sites for hydroxylation is 1. The van der Waals surface area contributed by atoms with Crippen molar-refractivity contribution >= 4 is 57.2 Å². The van der Waals surface area contributed by atoms with Crippen LogP contribution in [0.2, 0.25) is 0 Å². The first-order valence-corrected chi connectivity index (χ1v) is 16.4. The van der Waals surface area contributed by atoms with Crippen LogP contribution < -0.4 is 11.3 Å². The Balaban J connectivity index is 0.00000433. The Morgan fingerprint density at radius 1 is 1.00 bits per heavy atom. The van der Waals surface area contributed by atoms with Crippen molar-refractivity contribution in [2.75, 3.05) is 6.61 Å². The van der Waals surface area contributed by atoms with E-state index in [1.807, 2.05) is 71.5 Å². The van der Waals surface area contributed by atoms with Crippen LogP contribution in [0.3, 0.4) is 0 Å². The van der Waals surface area contributed by atoms with Crippen LogP contribution in [-0.4, -0.2) is 104 Å². The molecule has 0 aliphatic heterocycles. The number of fused-ring (bicyclic) bond motifs is 1. The van der Waals surface area contributed by atoms with Gasteiger partial charge in [-0.3, -0.25) is 18.9 Å². The number of aliphatic hydroxyl groups is 1. The predicted octanol–water partition coefficient (Wildman–Crippen LogP) is 4.85. The summed E-state index contributed by atoms with van der Waals surface area (Å²) < 4.78 is 14.6. The number of aromatic amines is 1. The summed E-state index contributed by atoms with van der Waals surface area (Å²) in [4.78, 5) is 33.1. The Kier molecular flexibility index (Phi) is 11.9. The van der Waals surface area contributed by atoms with Crippen LogP contribution in [0.4, 0.5) is 0 Å². The van der Waals surface area contributed by atoms with Crippen molar-refractivity contribution in [2.24, 2.45) is 0 Å². The van der Waals surface area contributed by atoms with Gasteiger partial charge in [-0.05, 0) is 61.6 Å². The van der Waals surface area contributed by atoms with Crippen LogP contribution in [0.25, 0.3) is 28.3 Å². The summed E-state index contributed by atoms with van der Waals surface area (Å²) in [5.74, 6) is 0.362. The molecule has 3 aromatic heterocycles. The summed E-state index contributed by atoms with van der Waals surface area (Å²) in [7, 11) is 0. The fourth-order valence-electron chi connectivity index (χ4n) is 6.57. The number of ether oxygens (including phenoxy) is 1. The second-order valence-electron chi connectivity index (χ2n) is 12.4. The van der Waals surface area contributed by atoms with Crippen molar-refractivity contribution < 1.29 is 14.4 Å². The van der Waals surface area contributed by atoms with Gasteiger partial charge in [0.1, 0.15) is 6.33 Å². The van der Waals surface area contributed by atoms with Gasteiger partial charge in [0.15, 0.2) is 5.82 Å². The van der Waals surface area contributed by atoms with Crippen molar-refractivity contribution in [1.29, 1.82) is 0 Å². The molecule has 6 rings (SSSR count). The number of hydrogen-bond donors (Lipinski definition) is 2. The van der Waals surface area contributed by atoms with E-state index in [2.05, 4.69) is 27.1 Å². The van der Waals surface area contributed by atoms with Crippen molar-refractivity contribution in [2.45, 2.75) is 96.3 Å². The molecule has 0 atom stereocenters. The molecule has 12 heteroatoms. The number of hydrogen-bond acceptors (Lipinski definition) is 8. The molecule has 3 heterocycles. The quantitative estimate of drug-likeness (QED) is 0.180. The fraction of sp³-hybridized carbons (Fsp3) is 0.457. The Hall–Kier alpha value is -2.71. The van der Waals surface area contributed by atoms with Gasteiger partial charge in [0.2, 0.25) is 5.78 Å². The third kappa shape index (κ3) is 7.64. The first kappa shape index (κ1) is 35.6. The normalized spacial score (nSPS) is 16.8. The van der Waals surface area contributed by atoms with Gasteiger partial charge in [-0.2, -0.15) is 10.1 Å². The van der Waals surface area contributed by atoms with Crippen molar-refractivity contribution in [3.8, 4) is 22.5 Å². The van der Waals surface area contributed by atoms with E-state index in [1.165, 1.54) is 6.33 Å². The van der Waals surface area contributed by atoms with Gasteiger partial charge in [-0.1, -0.05) is 80.9 Å². The molecule has 0 bridgehead atoms. The van der Waals surface area contributed by atoms with Gasteiger partial charge in [0.25, 0.3) is 5.56 Å². The number of H-pyrrole nitrogens is 1. The van der Waals surface area contributed by atoms with Gasteiger partial charge in [0, 0.05) is 23.6 Å². The molecule has 0 amide bonds. The first-order valence-electron chi connectivity index (χ1n) is 16.4. The minimum atomic E-state index is -0.787. The van der Waals surface area contributed by atoms with Crippen LogP contribution in [0.1, 0.15) is 88.6 Å². The molecule has 244 valence electrons. The third-order valence-electron chi connectivity index (χ3n) is 9.49. The van der Waals surface area contributed by atoms with Gasteiger partial charge < -0.3 is 9.84 Å². The fourth-order valence-corrected chi connectivity index (χ4v) is 6.57. The van der Waals surface area contributed by atoms with E-state index in [0.29, 0.717) is 43.9 Å². The number of nitrogens with one attached hydrogen (secondary N) is 1. The molecule has 0 spiro atoms. The summed E-state index contributed by atoms with van der Waals surface area (Å²) in [6, 6.07) is 15.8. The average Bonchev–Trinajstić information content (AvgIpc) is 3.75. The third-order valence-corrected chi connectivity index (χ3v) is 9.49. The van der Waals surface area contributed by atoms with Crippen molar-refractivity contribution in [1.82, 2.24) is 29.3 Å². The monoisotopic (exact) mass is 666 g/mol. The topological polar surface area (TPSA) is 141 Å². The molecule has 0 saturated heterocycles. The molecular weight excluding hydrogens is 624 g/mol. The van der Waals surface area contributed by atoms with Crippen LogP contribution in [-0.2, 0) is 17.6 Å². The Morgan fingerprint density at radius 3 is 2.34 bits per heavy atom. The Bertz CT molecular complexity index is 1900. The van der Waals surface area contributed by atoms with E-state index in [0.717, 1.165) is 65.6 Å². The molecular formula is C35H43KN6O5. The Labute approximate surface area is 316 Å². The maximum absolute atomic E-state index is 14.4. The van der Waals surface area contributed by atoms with E-state index < -0.39 is 11.4 Å². The van der Waals surface area contributed by atoms with Crippen LogP contribution in [0.15, 0.2) is 69.0 Å². The summed E-state index contributed by atoms with van der Waals surface area (Å²) in [6.07, 6.45) is 8.19. The summed E-state index contributed by atoms with van der Waals surface area (Å²) in [5.41, 5.74) is 4.47. The predicted molar refractivity (Wildman–Crippen MR) is 182 cm³/mol. The number of benzene rings is 2. The van der Waals surface area contributed by atoms with Crippen LogP contribution in [0, 0.1) is 0 Å². The SMILES string of the molecule is CCCc1c(Cc2ccc(-c3ccccc3-c3noc(=O)[nH]3)cc2)c(=O)n([C@H]2CC[C@H](OCC(O)(CC)CC)CC2)c2ncnn12.[KH]. The molecule has 1 aliphatic rings. The van der Waals surface area contributed by atoms with E-state index >= 15 is 0 Å². The zero-order chi connectivity index (χ0) is 32.3. The van der Waals surface area contributed by atoms with Gasteiger partial charge in [-0.15, -0.1) is 0 Å². The molecule has 0 radical (unpaired) electrons. The van der Waals surface area contributed by atoms with Crippen LogP contribution in [0.5, 0.6) is 0 Å². The van der Waals surface area contributed by atoms with E-state index in [4.69, 9.17) is 9.26 Å². The van der Waals surface area contributed by atoms with Crippen molar-refractivity contribution in [3.05, 3.63) is 92.6 Å². The molecule has 2 aromatic carbocycles. The molecule has 11 nitrogen and oxygen atoms in total. The zero-order valence-corrected chi connectivity index (χ0v) is 26.7. The van der Waals surface area contributed by atoms with E-state index in [-0.39, 0.29) is 69.1 Å². The maximum atomic E-state index is 14.4. The van der Waals surface area contributed by atoms with Crippen LogP contribution >= 0.6 is 0 Å². The molecule has 1 aliphatic carbocycles. The molecule has 1 saturated carbocycles. The summed E-state index contributed by atoms with van der Waals surface area (Å²) in [5, 5.41) is 19.1. The number of nitrogens with zero attached hydrogens (tertiary/aromatic N) is 5. The Morgan fingerprint density at radius 2 is 1.70 bits per heavy atom. The summed E-state index contributed by atoms with van der Waals surface area (Å²) >= 11 is 0. The van der Waals surface area contributed by atoms with E-state index in [9.17, 15) is 14.7 Å². The second-order valence-corrected chi connectivity index (χ2v) is 12.4. The number of aromatic nitrogens is 6. The standard InChI is InChI=1S/C35H42N6O5.K.H/c1-4-9-30-29(20-23-12-14-24(15-13-23)27-10-7-8-11-28(27)31-38-34(43)46-39-31)32(42)40(33-36-22-37-41(30)33)25-16-18-26(19-17-25)45-21-35(44,5-2)6-3;;/h7-8,10-15,22,25-26,44H,4-6,9,16-21H2,1-3H3,(H,38,39,43);;/t25-,26-;;. The minimum absolute atomic E-state index is 0. The van der Waals surface area contributed by atoms with Gasteiger partial charge in [-0.25, -0.2) is 9.31 Å². The number of rotatable bonds is 12. The molecule has 0 unspecified atom stereocenters. The van der Waals surface area contributed by atoms with Gasteiger partial charge >= 0.3 is 57.1 Å². The van der Waals surface area contributed by atoms with E-state index in [1.54, 1.807) is 0 Å². The molecule has 2 N–H and O–H groups in total. The average molecular weight is 667 g/mol. The van der Waals surface area contributed by atoms with Crippen molar-refractivity contribution in [3.63, 3.8) is 0 Å². The van der Waals surface area contributed by atoms with Gasteiger partial charge in [0.05, 0.1) is 24.0 Å². The molecule has 1 fully saturated rings. The summed E-state index contributed by atoms with van der Waals surface area (Å²) in [6.45, 7) is 6.41.